The highest BCUT2D eigenvalue weighted by Crippen LogP contribution is 2.16. The summed E-state index contributed by atoms with van der Waals surface area (Å²) < 4.78 is 40.7. The van der Waals surface area contributed by atoms with E-state index in [-0.39, 0.29) is 12.3 Å². The Bertz CT molecular complexity index is 473. The fourth-order valence-electron chi connectivity index (χ4n) is 1.17. The Labute approximate surface area is 106 Å². The first-order chi connectivity index (χ1) is 8.79. The standard InChI is InChI=1S/C11H10F3NO4/c12-11(13,14)10(18)15-5-7-2-1-3-8(4-7)19-6-9(16)17/h1-4H,5-6H2,(H,15,18)(H,16,17). The third-order valence-corrected chi connectivity index (χ3v) is 1.97. The van der Waals surface area contributed by atoms with E-state index in [0.717, 1.165) is 0 Å². The van der Waals surface area contributed by atoms with Crippen LogP contribution in [0.25, 0.3) is 0 Å². The summed E-state index contributed by atoms with van der Waals surface area (Å²) in [5, 5.41) is 10.1. The molecule has 0 atom stereocenters. The molecule has 0 aliphatic rings. The summed E-state index contributed by atoms with van der Waals surface area (Å²) in [6, 6.07) is 5.76. The molecule has 0 aromatic heterocycles. The van der Waals surface area contributed by atoms with Gasteiger partial charge in [0.15, 0.2) is 6.61 Å². The van der Waals surface area contributed by atoms with E-state index in [2.05, 4.69) is 0 Å². The highest BCUT2D eigenvalue weighted by Gasteiger charge is 2.38. The van der Waals surface area contributed by atoms with Crippen molar-refractivity contribution >= 4 is 11.9 Å². The Balaban J connectivity index is 2.57. The summed E-state index contributed by atoms with van der Waals surface area (Å²) in [5.41, 5.74) is 0.362. The fraction of sp³-hybridized carbons (Fsp3) is 0.273. The van der Waals surface area contributed by atoms with E-state index in [1.54, 1.807) is 5.32 Å². The molecular formula is C11H10F3NO4. The molecule has 0 spiro atoms. The Kier molecular flexibility index (Phi) is 4.74. The number of ether oxygens (including phenoxy) is 1. The van der Waals surface area contributed by atoms with Crippen molar-refractivity contribution in [1.29, 1.82) is 0 Å². The summed E-state index contributed by atoms with van der Waals surface area (Å²) in [5.74, 6) is -3.01. The van der Waals surface area contributed by atoms with Crippen molar-refractivity contribution in [2.24, 2.45) is 0 Å². The first-order valence-electron chi connectivity index (χ1n) is 5.07. The number of halogens is 3. The van der Waals surface area contributed by atoms with Crippen molar-refractivity contribution in [3.05, 3.63) is 29.8 Å². The molecule has 0 fully saturated rings. The summed E-state index contributed by atoms with van der Waals surface area (Å²) in [7, 11) is 0. The van der Waals surface area contributed by atoms with Gasteiger partial charge in [0.25, 0.3) is 0 Å². The number of amides is 1. The predicted molar refractivity (Wildman–Crippen MR) is 57.5 cm³/mol. The molecule has 0 unspecified atom stereocenters. The van der Waals surface area contributed by atoms with Gasteiger partial charge in [0.1, 0.15) is 5.75 Å². The number of carboxylic acid groups (broad SMARTS) is 1. The summed E-state index contributed by atoms with van der Waals surface area (Å²) >= 11 is 0. The Morgan fingerprint density at radius 1 is 1.32 bits per heavy atom. The maximum atomic E-state index is 11.9. The molecule has 1 aromatic carbocycles. The SMILES string of the molecule is O=C(O)COc1cccc(CNC(=O)C(F)(F)F)c1. The number of carbonyl (C=O) groups is 2. The summed E-state index contributed by atoms with van der Waals surface area (Å²) in [4.78, 5) is 20.9. The van der Waals surface area contributed by atoms with Crippen molar-refractivity contribution < 1.29 is 32.6 Å². The van der Waals surface area contributed by atoms with Crippen molar-refractivity contribution in [2.45, 2.75) is 12.7 Å². The van der Waals surface area contributed by atoms with Crippen LogP contribution in [-0.2, 0) is 16.1 Å². The van der Waals surface area contributed by atoms with Gasteiger partial charge in [0, 0.05) is 6.54 Å². The monoisotopic (exact) mass is 277 g/mol. The first-order valence-corrected chi connectivity index (χ1v) is 5.07. The van der Waals surface area contributed by atoms with Crippen molar-refractivity contribution in [2.75, 3.05) is 6.61 Å². The molecule has 104 valence electrons. The zero-order valence-electron chi connectivity index (χ0n) is 9.53. The van der Waals surface area contributed by atoms with Crippen LogP contribution in [-0.4, -0.2) is 29.8 Å². The summed E-state index contributed by atoms with van der Waals surface area (Å²) in [6.07, 6.45) is -4.93. The minimum atomic E-state index is -4.93. The van der Waals surface area contributed by atoms with E-state index < -0.39 is 24.7 Å². The van der Waals surface area contributed by atoms with Gasteiger partial charge in [-0.1, -0.05) is 12.1 Å². The average molecular weight is 277 g/mol. The van der Waals surface area contributed by atoms with Crippen LogP contribution in [0.2, 0.25) is 0 Å². The van der Waals surface area contributed by atoms with E-state index in [9.17, 15) is 22.8 Å². The number of hydrogen-bond acceptors (Lipinski definition) is 3. The lowest BCUT2D eigenvalue weighted by Gasteiger charge is -2.09. The van der Waals surface area contributed by atoms with Crippen LogP contribution in [0.5, 0.6) is 5.75 Å². The number of carbonyl (C=O) groups excluding carboxylic acids is 1. The predicted octanol–water partition coefficient (Wildman–Crippen LogP) is 1.33. The van der Waals surface area contributed by atoms with E-state index in [4.69, 9.17) is 9.84 Å². The van der Waals surface area contributed by atoms with Crippen LogP contribution < -0.4 is 10.1 Å². The molecule has 0 saturated heterocycles. The molecule has 2 N–H and O–H groups in total. The zero-order chi connectivity index (χ0) is 14.5. The molecule has 0 bridgehead atoms. The molecule has 8 heteroatoms. The van der Waals surface area contributed by atoms with Gasteiger partial charge in [-0.2, -0.15) is 13.2 Å². The lowest BCUT2D eigenvalue weighted by atomic mass is 10.2. The van der Waals surface area contributed by atoms with Crippen LogP contribution in [0, 0.1) is 0 Å². The minimum absolute atomic E-state index is 0.196. The Morgan fingerprint density at radius 3 is 2.58 bits per heavy atom. The quantitative estimate of drug-likeness (QED) is 0.851. The maximum Gasteiger partial charge on any atom is 0.471 e. The average Bonchev–Trinajstić information content (AvgIpc) is 2.32. The third-order valence-electron chi connectivity index (χ3n) is 1.97. The van der Waals surface area contributed by atoms with Gasteiger partial charge in [-0.15, -0.1) is 0 Å². The zero-order valence-corrected chi connectivity index (χ0v) is 9.53. The van der Waals surface area contributed by atoms with Gasteiger partial charge >= 0.3 is 18.1 Å². The molecule has 1 rings (SSSR count). The van der Waals surface area contributed by atoms with Crippen LogP contribution in [0.4, 0.5) is 13.2 Å². The minimum Gasteiger partial charge on any atom is -0.482 e. The second-order valence-corrected chi connectivity index (χ2v) is 3.51. The van der Waals surface area contributed by atoms with Gasteiger partial charge < -0.3 is 15.2 Å². The molecule has 1 aromatic rings. The number of rotatable bonds is 5. The normalized spacial score (nSPS) is 10.9. The highest BCUT2D eigenvalue weighted by molar-refractivity contribution is 5.81. The number of hydrogen-bond donors (Lipinski definition) is 2. The topological polar surface area (TPSA) is 75.6 Å². The molecule has 5 nitrogen and oxygen atoms in total. The van der Waals surface area contributed by atoms with Gasteiger partial charge in [-0.05, 0) is 17.7 Å². The number of nitrogens with one attached hydrogen (secondary N) is 1. The lowest BCUT2D eigenvalue weighted by molar-refractivity contribution is -0.173. The van der Waals surface area contributed by atoms with Gasteiger partial charge in [0.2, 0.25) is 0 Å². The number of benzene rings is 1. The van der Waals surface area contributed by atoms with Crippen LogP contribution in [0.1, 0.15) is 5.56 Å². The van der Waals surface area contributed by atoms with Crippen molar-refractivity contribution in [3.63, 3.8) is 0 Å². The molecule has 0 heterocycles. The van der Waals surface area contributed by atoms with E-state index in [1.807, 2.05) is 0 Å². The van der Waals surface area contributed by atoms with Crippen LogP contribution in [0.3, 0.4) is 0 Å². The first kappa shape index (κ1) is 14.8. The second-order valence-electron chi connectivity index (χ2n) is 3.51. The lowest BCUT2D eigenvalue weighted by Crippen LogP contribution is -2.36. The molecule has 19 heavy (non-hydrogen) atoms. The number of aliphatic carboxylic acids is 1. The smallest absolute Gasteiger partial charge is 0.471 e. The molecule has 0 aliphatic heterocycles. The molecule has 0 aliphatic carbocycles. The molecule has 0 radical (unpaired) electrons. The number of carboxylic acids is 1. The van der Waals surface area contributed by atoms with Crippen molar-refractivity contribution in [1.82, 2.24) is 5.32 Å². The van der Waals surface area contributed by atoms with Crippen molar-refractivity contribution in [3.8, 4) is 5.75 Å². The Morgan fingerprint density at radius 2 is 2.00 bits per heavy atom. The molecule has 0 saturated carbocycles. The molecule has 1 amide bonds. The van der Waals surface area contributed by atoms with Crippen LogP contribution >= 0.6 is 0 Å². The largest absolute Gasteiger partial charge is 0.482 e. The van der Waals surface area contributed by atoms with E-state index >= 15 is 0 Å². The summed E-state index contributed by atoms with van der Waals surface area (Å²) in [6.45, 7) is -0.888. The highest BCUT2D eigenvalue weighted by atomic mass is 19.4. The third kappa shape index (κ3) is 5.28. The van der Waals surface area contributed by atoms with Gasteiger partial charge in [-0.3, -0.25) is 4.79 Å². The number of alkyl halides is 3. The maximum absolute atomic E-state index is 11.9. The van der Waals surface area contributed by atoms with E-state index in [0.29, 0.717) is 5.56 Å². The Hall–Kier alpha value is -2.25. The fourth-order valence-corrected chi connectivity index (χ4v) is 1.17. The second kappa shape index (κ2) is 6.07. The van der Waals surface area contributed by atoms with Crippen LogP contribution in [0.15, 0.2) is 24.3 Å². The molecular weight excluding hydrogens is 267 g/mol. The van der Waals surface area contributed by atoms with Gasteiger partial charge in [0.05, 0.1) is 0 Å². The van der Waals surface area contributed by atoms with E-state index in [1.165, 1.54) is 24.3 Å². The van der Waals surface area contributed by atoms with Gasteiger partial charge in [-0.25, -0.2) is 4.79 Å².